The second-order valence-corrected chi connectivity index (χ2v) is 4.97. The first-order valence-corrected chi connectivity index (χ1v) is 5.64. The third-order valence-corrected chi connectivity index (χ3v) is 3.92. The summed E-state index contributed by atoms with van der Waals surface area (Å²) >= 11 is 0. The Hall–Kier alpha value is 0.210. The average Bonchev–Trinajstić information content (AvgIpc) is 2.55. The van der Waals surface area contributed by atoms with Gasteiger partial charge in [0.15, 0.2) is 0 Å². The van der Waals surface area contributed by atoms with E-state index in [4.69, 9.17) is 0 Å². The van der Waals surface area contributed by atoms with E-state index in [1.807, 2.05) is 0 Å². The molecule has 2 rings (SSSR count). The number of hydrogen-bond acceptors (Lipinski definition) is 2. The van der Waals surface area contributed by atoms with Gasteiger partial charge < -0.3 is 10.4 Å². The summed E-state index contributed by atoms with van der Waals surface area (Å²) in [5.74, 6) is 0.808. The van der Waals surface area contributed by atoms with Crippen molar-refractivity contribution in [1.82, 2.24) is 5.32 Å². The fourth-order valence-electron chi connectivity index (χ4n) is 3.06. The third-order valence-electron chi connectivity index (χ3n) is 3.92. The van der Waals surface area contributed by atoms with E-state index in [2.05, 4.69) is 12.2 Å². The molecule has 3 heteroatoms. The van der Waals surface area contributed by atoms with Gasteiger partial charge in [0, 0.05) is 5.54 Å². The van der Waals surface area contributed by atoms with Crippen molar-refractivity contribution in [2.45, 2.75) is 57.1 Å². The van der Waals surface area contributed by atoms with Gasteiger partial charge in [0.1, 0.15) is 0 Å². The summed E-state index contributed by atoms with van der Waals surface area (Å²) in [6, 6.07) is 0. The van der Waals surface area contributed by atoms with Crippen LogP contribution < -0.4 is 5.32 Å². The van der Waals surface area contributed by atoms with Crippen LogP contribution in [-0.2, 0) is 0 Å². The summed E-state index contributed by atoms with van der Waals surface area (Å²) in [7, 11) is 0. The molecule has 14 heavy (non-hydrogen) atoms. The lowest BCUT2D eigenvalue weighted by Gasteiger charge is -2.42. The molecule has 0 aromatic carbocycles. The molecule has 1 heterocycles. The minimum atomic E-state index is -0.0631. The Kier molecular flexibility index (Phi) is 4.23. The number of hydrogen-bond donors (Lipinski definition) is 2. The van der Waals surface area contributed by atoms with Crippen molar-refractivity contribution in [3.05, 3.63) is 0 Å². The zero-order valence-electron chi connectivity index (χ0n) is 8.96. The Balaban J connectivity index is 0.000000980. The summed E-state index contributed by atoms with van der Waals surface area (Å²) in [5, 5.41) is 13.3. The zero-order valence-corrected chi connectivity index (χ0v) is 9.78. The van der Waals surface area contributed by atoms with Gasteiger partial charge in [0.25, 0.3) is 0 Å². The first-order valence-electron chi connectivity index (χ1n) is 5.64. The molecule has 2 nitrogen and oxygen atoms in total. The van der Waals surface area contributed by atoms with Crippen molar-refractivity contribution < 1.29 is 5.11 Å². The van der Waals surface area contributed by atoms with Crippen LogP contribution in [0.2, 0.25) is 0 Å². The first kappa shape index (κ1) is 12.3. The fourth-order valence-corrected chi connectivity index (χ4v) is 3.06. The van der Waals surface area contributed by atoms with E-state index in [-0.39, 0.29) is 24.0 Å². The van der Waals surface area contributed by atoms with Crippen molar-refractivity contribution in [1.29, 1.82) is 0 Å². The second kappa shape index (κ2) is 4.82. The third kappa shape index (κ3) is 2.41. The molecule has 1 aliphatic heterocycles. The highest BCUT2D eigenvalue weighted by Gasteiger charge is 2.39. The van der Waals surface area contributed by atoms with E-state index in [1.54, 1.807) is 0 Å². The van der Waals surface area contributed by atoms with Gasteiger partial charge in [0.2, 0.25) is 0 Å². The number of aliphatic hydroxyl groups is 1. The number of piperidine rings is 1. The maximum absolute atomic E-state index is 9.67. The van der Waals surface area contributed by atoms with Gasteiger partial charge in [0.05, 0.1) is 6.10 Å². The fraction of sp³-hybridized carbons (Fsp3) is 1.00. The Labute approximate surface area is 92.9 Å². The van der Waals surface area contributed by atoms with Gasteiger partial charge in [-0.3, -0.25) is 0 Å². The van der Waals surface area contributed by atoms with Crippen LogP contribution in [0.25, 0.3) is 0 Å². The van der Waals surface area contributed by atoms with Crippen LogP contribution in [0, 0.1) is 5.92 Å². The Morgan fingerprint density at radius 2 is 1.86 bits per heavy atom. The summed E-state index contributed by atoms with van der Waals surface area (Å²) < 4.78 is 0. The van der Waals surface area contributed by atoms with Crippen LogP contribution >= 0.6 is 12.4 Å². The minimum Gasteiger partial charge on any atom is -0.393 e. The SMILES string of the molecule is CC1(C2CCCC2)CC(O)CCN1.Cl. The van der Waals surface area contributed by atoms with Crippen molar-refractivity contribution in [3.8, 4) is 0 Å². The number of rotatable bonds is 1. The number of halogens is 1. The van der Waals surface area contributed by atoms with Crippen LogP contribution in [0.3, 0.4) is 0 Å². The van der Waals surface area contributed by atoms with Crippen LogP contribution in [0.5, 0.6) is 0 Å². The lowest BCUT2D eigenvalue weighted by Crippen LogP contribution is -2.54. The molecule has 0 spiro atoms. The van der Waals surface area contributed by atoms with Crippen molar-refractivity contribution >= 4 is 12.4 Å². The second-order valence-electron chi connectivity index (χ2n) is 4.97. The minimum absolute atomic E-state index is 0. The molecule has 1 saturated carbocycles. The van der Waals surface area contributed by atoms with Gasteiger partial charge in [-0.25, -0.2) is 0 Å². The maximum Gasteiger partial charge on any atom is 0.0569 e. The van der Waals surface area contributed by atoms with Gasteiger partial charge in [-0.05, 0) is 45.1 Å². The van der Waals surface area contributed by atoms with E-state index in [0.29, 0.717) is 0 Å². The average molecular weight is 220 g/mol. The molecule has 2 aliphatic rings. The van der Waals surface area contributed by atoms with E-state index < -0.39 is 0 Å². The molecule has 1 aliphatic carbocycles. The van der Waals surface area contributed by atoms with Crippen molar-refractivity contribution in [2.24, 2.45) is 5.92 Å². The van der Waals surface area contributed by atoms with Crippen LogP contribution in [0.4, 0.5) is 0 Å². The van der Waals surface area contributed by atoms with Crippen LogP contribution in [0.15, 0.2) is 0 Å². The monoisotopic (exact) mass is 219 g/mol. The summed E-state index contributed by atoms with van der Waals surface area (Å²) in [4.78, 5) is 0. The summed E-state index contributed by atoms with van der Waals surface area (Å²) in [5.41, 5.74) is 0.230. The van der Waals surface area contributed by atoms with Crippen molar-refractivity contribution in [2.75, 3.05) is 6.54 Å². The van der Waals surface area contributed by atoms with Gasteiger partial charge in [-0.1, -0.05) is 12.8 Å². The standard InChI is InChI=1S/C11H21NO.ClH/c1-11(9-4-2-3-5-9)8-10(13)6-7-12-11;/h9-10,12-13H,2-8H2,1H3;1H. The molecule has 2 N–H and O–H groups in total. The van der Waals surface area contributed by atoms with Crippen LogP contribution in [-0.4, -0.2) is 23.3 Å². The number of aliphatic hydroxyl groups excluding tert-OH is 1. The molecular formula is C11H22ClNO. The lowest BCUT2D eigenvalue weighted by molar-refractivity contribution is 0.0574. The predicted molar refractivity (Wildman–Crippen MR) is 60.9 cm³/mol. The molecule has 2 unspecified atom stereocenters. The molecule has 0 aromatic heterocycles. The van der Waals surface area contributed by atoms with Gasteiger partial charge >= 0.3 is 0 Å². The molecule has 0 aromatic rings. The highest BCUT2D eigenvalue weighted by atomic mass is 35.5. The topological polar surface area (TPSA) is 32.3 Å². The smallest absolute Gasteiger partial charge is 0.0569 e. The zero-order chi connectivity index (χ0) is 9.31. The molecule has 0 bridgehead atoms. The predicted octanol–water partition coefficient (Wildman–Crippen LogP) is 2.10. The molecule has 2 fully saturated rings. The first-order chi connectivity index (χ1) is 6.21. The molecule has 2 atom stereocenters. The Bertz CT molecular complexity index is 182. The largest absolute Gasteiger partial charge is 0.393 e. The van der Waals surface area contributed by atoms with Crippen molar-refractivity contribution in [3.63, 3.8) is 0 Å². The van der Waals surface area contributed by atoms with E-state index >= 15 is 0 Å². The quantitative estimate of drug-likeness (QED) is 0.708. The van der Waals surface area contributed by atoms with E-state index in [9.17, 15) is 5.11 Å². The highest BCUT2D eigenvalue weighted by Crippen LogP contribution is 2.38. The number of nitrogens with one attached hydrogen (secondary N) is 1. The summed E-state index contributed by atoms with van der Waals surface area (Å²) in [6.45, 7) is 3.29. The highest BCUT2D eigenvalue weighted by molar-refractivity contribution is 5.85. The summed E-state index contributed by atoms with van der Waals surface area (Å²) in [6.07, 6.45) is 7.31. The Morgan fingerprint density at radius 3 is 2.43 bits per heavy atom. The molecule has 0 radical (unpaired) electrons. The lowest BCUT2D eigenvalue weighted by atomic mass is 9.77. The molecule has 1 saturated heterocycles. The van der Waals surface area contributed by atoms with E-state index in [0.717, 1.165) is 25.3 Å². The van der Waals surface area contributed by atoms with Gasteiger partial charge in [-0.2, -0.15) is 0 Å². The van der Waals surface area contributed by atoms with Gasteiger partial charge in [-0.15, -0.1) is 12.4 Å². The van der Waals surface area contributed by atoms with Crippen LogP contribution in [0.1, 0.15) is 45.4 Å². The molecular weight excluding hydrogens is 198 g/mol. The molecule has 84 valence electrons. The maximum atomic E-state index is 9.67. The Morgan fingerprint density at radius 1 is 1.21 bits per heavy atom. The molecule has 0 amide bonds. The normalized spacial score (nSPS) is 39.4. The van der Waals surface area contributed by atoms with E-state index in [1.165, 1.54) is 25.7 Å².